The van der Waals surface area contributed by atoms with E-state index in [-0.39, 0.29) is 6.42 Å². The third-order valence-electron chi connectivity index (χ3n) is 3.03. The van der Waals surface area contributed by atoms with Gasteiger partial charge >= 0.3 is 6.18 Å². The molecule has 0 aromatic heterocycles. The Kier molecular flexibility index (Phi) is 5.55. The first-order valence-electron chi connectivity index (χ1n) is 6.04. The van der Waals surface area contributed by atoms with Gasteiger partial charge in [0.25, 0.3) is 0 Å². The fourth-order valence-corrected chi connectivity index (χ4v) is 2.21. The minimum Gasteiger partial charge on any atom is -0.315 e. The van der Waals surface area contributed by atoms with Crippen LogP contribution in [0.3, 0.4) is 0 Å². The highest BCUT2D eigenvalue weighted by atomic mass is 19.4. The first-order valence-corrected chi connectivity index (χ1v) is 6.04. The van der Waals surface area contributed by atoms with E-state index >= 15 is 0 Å². The lowest BCUT2D eigenvalue weighted by molar-refractivity contribution is -0.136. The molecular formula is C11H21F3N2. The number of hydrogen-bond acceptors (Lipinski definition) is 2. The standard InChI is InChI=1S/C11H21F3N2/c1-2-15-9-10-5-3-7-16(10)8-4-6-11(12,13)14/h10,15H,2-9H2,1H3. The fraction of sp³-hybridized carbons (Fsp3) is 1.00. The predicted molar refractivity (Wildman–Crippen MR) is 58.4 cm³/mol. The lowest BCUT2D eigenvalue weighted by atomic mass is 10.2. The summed E-state index contributed by atoms with van der Waals surface area (Å²) < 4.78 is 36.0. The maximum atomic E-state index is 12.0. The number of hydrogen-bond donors (Lipinski definition) is 1. The molecule has 0 aliphatic carbocycles. The van der Waals surface area contributed by atoms with Gasteiger partial charge in [0.2, 0.25) is 0 Å². The highest BCUT2D eigenvalue weighted by Crippen LogP contribution is 2.23. The maximum Gasteiger partial charge on any atom is 0.389 e. The summed E-state index contributed by atoms with van der Waals surface area (Å²) in [6.07, 6.45) is -2.21. The molecule has 1 N–H and O–H groups in total. The van der Waals surface area contributed by atoms with E-state index < -0.39 is 12.6 Å². The molecular weight excluding hydrogens is 217 g/mol. The maximum absolute atomic E-state index is 12.0. The van der Waals surface area contributed by atoms with E-state index in [0.717, 1.165) is 32.5 Å². The molecule has 1 fully saturated rings. The molecule has 1 aliphatic heterocycles. The lowest BCUT2D eigenvalue weighted by Crippen LogP contribution is -2.38. The SMILES string of the molecule is CCNCC1CCCN1CCCC(F)(F)F. The molecule has 0 saturated carbocycles. The molecule has 1 rings (SSSR count). The molecule has 5 heteroatoms. The second-order valence-electron chi connectivity index (χ2n) is 4.36. The number of alkyl halides is 3. The zero-order valence-corrected chi connectivity index (χ0v) is 9.82. The van der Waals surface area contributed by atoms with Gasteiger partial charge in [0.1, 0.15) is 0 Å². The molecule has 1 atom stereocenters. The molecule has 0 radical (unpaired) electrons. The van der Waals surface area contributed by atoms with Crippen LogP contribution in [0.15, 0.2) is 0 Å². The molecule has 0 bridgehead atoms. The smallest absolute Gasteiger partial charge is 0.315 e. The largest absolute Gasteiger partial charge is 0.389 e. The average molecular weight is 238 g/mol. The third kappa shape index (κ3) is 5.16. The number of nitrogens with zero attached hydrogens (tertiary/aromatic N) is 1. The molecule has 0 aromatic carbocycles. The second kappa shape index (κ2) is 6.45. The van der Waals surface area contributed by atoms with Gasteiger partial charge in [0.15, 0.2) is 0 Å². The van der Waals surface area contributed by atoms with Crippen LogP contribution in [0.4, 0.5) is 13.2 Å². The summed E-state index contributed by atoms with van der Waals surface area (Å²) in [6, 6.07) is 0.438. The van der Waals surface area contributed by atoms with Crippen molar-refractivity contribution in [2.75, 3.05) is 26.2 Å². The van der Waals surface area contributed by atoms with Crippen LogP contribution in [-0.2, 0) is 0 Å². The van der Waals surface area contributed by atoms with Crippen molar-refractivity contribution in [1.29, 1.82) is 0 Å². The summed E-state index contributed by atoms with van der Waals surface area (Å²) in [5.41, 5.74) is 0. The Morgan fingerprint density at radius 3 is 2.75 bits per heavy atom. The Bertz CT molecular complexity index is 194. The summed E-state index contributed by atoms with van der Waals surface area (Å²) in [7, 11) is 0. The van der Waals surface area contributed by atoms with Crippen molar-refractivity contribution in [3.63, 3.8) is 0 Å². The van der Waals surface area contributed by atoms with Crippen LogP contribution >= 0.6 is 0 Å². The monoisotopic (exact) mass is 238 g/mol. The van der Waals surface area contributed by atoms with Gasteiger partial charge in [-0.1, -0.05) is 6.92 Å². The van der Waals surface area contributed by atoms with Gasteiger partial charge < -0.3 is 5.32 Å². The normalized spacial score (nSPS) is 22.9. The van der Waals surface area contributed by atoms with Gasteiger partial charge in [-0.2, -0.15) is 13.2 Å². The molecule has 0 spiro atoms. The highest BCUT2D eigenvalue weighted by molar-refractivity contribution is 4.80. The van der Waals surface area contributed by atoms with Crippen molar-refractivity contribution in [2.24, 2.45) is 0 Å². The van der Waals surface area contributed by atoms with E-state index in [1.54, 1.807) is 0 Å². The average Bonchev–Trinajstić information content (AvgIpc) is 2.60. The number of likely N-dealkylation sites (N-methyl/N-ethyl adjacent to an activating group) is 1. The lowest BCUT2D eigenvalue weighted by Gasteiger charge is -2.24. The van der Waals surface area contributed by atoms with Crippen LogP contribution in [0.5, 0.6) is 0 Å². The zero-order valence-electron chi connectivity index (χ0n) is 9.82. The van der Waals surface area contributed by atoms with Crippen molar-refractivity contribution in [3.8, 4) is 0 Å². The van der Waals surface area contributed by atoms with Gasteiger partial charge in [-0.3, -0.25) is 4.90 Å². The Balaban J connectivity index is 2.19. The minimum atomic E-state index is -4.00. The second-order valence-corrected chi connectivity index (χ2v) is 4.36. The molecule has 2 nitrogen and oxygen atoms in total. The first-order chi connectivity index (χ1) is 7.53. The van der Waals surface area contributed by atoms with E-state index in [2.05, 4.69) is 10.2 Å². The van der Waals surface area contributed by atoms with E-state index in [1.165, 1.54) is 0 Å². The first kappa shape index (κ1) is 13.8. The third-order valence-corrected chi connectivity index (χ3v) is 3.03. The molecule has 1 heterocycles. The van der Waals surface area contributed by atoms with Crippen LogP contribution < -0.4 is 5.32 Å². The van der Waals surface area contributed by atoms with Crippen LogP contribution in [0.25, 0.3) is 0 Å². The Morgan fingerprint density at radius 2 is 2.12 bits per heavy atom. The zero-order chi connectivity index (χ0) is 12.0. The van der Waals surface area contributed by atoms with Gasteiger partial charge in [-0.05, 0) is 38.9 Å². The number of rotatable bonds is 6. The van der Waals surface area contributed by atoms with Crippen molar-refractivity contribution >= 4 is 0 Å². The topological polar surface area (TPSA) is 15.3 Å². The molecule has 1 saturated heterocycles. The summed E-state index contributed by atoms with van der Waals surface area (Å²) in [5, 5.41) is 3.26. The van der Waals surface area contributed by atoms with E-state index in [4.69, 9.17) is 0 Å². The van der Waals surface area contributed by atoms with Crippen molar-refractivity contribution < 1.29 is 13.2 Å². The highest BCUT2D eigenvalue weighted by Gasteiger charge is 2.28. The van der Waals surface area contributed by atoms with Crippen LogP contribution in [0, 0.1) is 0 Å². The van der Waals surface area contributed by atoms with E-state index in [0.29, 0.717) is 12.6 Å². The van der Waals surface area contributed by atoms with Crippen molar-refractivity contribution in [2.45, 2.75) is 44.8 Å². The summed E-state index contributed by atoms with van der Waals surface area (Å²) >= 11 is 0. The molecule has 0 aromatic rings. The van der Waals surface area contributed by atoms with Crippen molar-refractivity contribution in [3.05, 3.63) is 0 Å². The predicted octanol–water partition coefficient (Wildman–Crippen LogP) is 2.40. The van der Waals surface area contributed by atoms with Crippen LogP contribution in [0.2, 0.25) is 0 Å². The van der Waals surface area contributed by atoms with Gasteiger partial charge in [-0.25, -0.2) is 0 Å². The Hall–Kier alpha value is -0.290. The van der Waals surface area contributed by atoms with Gasteiger partial charge in [0, 0.05) is 19.0 Å². The summed E-state index contributed by atoms with van der Waals surface area (Å²) in [6.45, 7) is 5.40. The van der Waals surface area contributed by atoms with Gasteiger partial charge in [0.05, 0.1) is 0 Å². The summed E-state index contributed by atoms with van der Waals surface area (Å²) in [4.78, 5) is 2.19. The minimum absolute atomic E-state index is 0.228. The van der Waals surface area contributed by atoms with Crippen LogP contribution in [-0.4, -0.2) is 43.3 Å². The van der Waals surface area contributed by atoms with Gasteiger partial charge in [-0.15, -0.1) is 0 Å². The fourth-order valence-electron chi connectivity index (χ4n) is 2.21. The number of nitrogens with one attached hydrogen (secondary N) is 1. The van der Waals surface area contributed by atoms with E-state index in [9.17, 15) is 13.2 Å². The Morgan fingerprint density at radius 1 is 1.38 bits per heavy atom. The van der Waals surface area contributed by atoms with Crippen molar-refractivity contribution in [1.82, 2.24) is 10.2 Å². The molecule has 1 aliphatic rings. The number of halogens is 3. The number of likely N-dealkylation sites (tertiary alicyclic amines) is 1. The quantitative estimate of drug-likeness (QED) is 0.764. The van der Waals surface area contributed by atoms with Crippen LogP contribution in [0.1, 0.15) is 32.6 Å². The van der Waals surface area contributed by atoms with E-state index in [1.807, 2.05) is 6.92 Å². The molecule has 1 unspecified atom stereocenters. The molecule has 16 heavy (non-hydrogen) atoms. The molecule has 96 valence electrons. The summed E-state index contributed by atoms with van der Waals surface area (Å²) in [5.74, 6) is 0. The Labute approximate surface area is 95.2 Å². The molecule has 0 amide bonds.